The van der Waals surface area contributed by atoms with Gasteiger partial charge in [-0.25, -0.2) is 13.2 Å². The van der Waals surface area contributed by atoms with Crippen molar-refractivity contribution >= 4 is 0 Å². The van der Waals surface area contributed by atoms with Gasteiger partial charge in [0.2, 0.25) is 0 Å². The fraction of sp³-hybridized carbons (Fsp3) is 1.00. The molecule has 0 bridgehead atoms. The first kappa shape index (κ1) is 14.4. The first-order chi connectivity index (χ1) is 6.36. The maximum Gasteiger partial charge on any atom is 0.425 e. The minimum Gasteiger partial charge on any atom is -0.314 e. The molecular formula is C6H6F8O. The van der Waals surface area contributed by atoms with Crippen LogP contribution < -0.4 is 0 Å². The molecule has 1 atom stereocenters. The Kier molecular flexibility index (Phi) is 3.94. The van der Waals surface area contributed by atoms with Crippen LogP contribution in [0.15, 0.2) is 0 Å². The Bertz CT molecular complexity index is 204. The topological polar surface area (TPSA) is 9.23 Å². The number of halogens is 8. The number of ether oxygens (including phenoxy) is 1. The molecule has 0 spiro atoms. The molecule has 0 heterocycles. The highest BCUT2D eigenvalue weighted by molar-refractivity contribution is 4.82. The SMILES string of the molecule is CC(F)(F)OCC(F)(F)[C@H](F)C(F)(F)F. The van der Waals surface area contributed by atoms with Crippen molar-refractivity contribution in [1.29, 1.82) is 0 Å². The lowest BCUT2D eigenvalue weighted by atomic mass is 10.2. The zero-order chi connectivity index (χ0) is 12.5. The lowest BCUT2D eigenvalue weighted by molar-refractivity contribution is -0.294. The van der Waals surface area contributed by atoms with Crippen molar-refractivity contribution in [3.05, 3.63) is 0 Å². The first-order valence-electron chi connectivity index (χ1n) is 3.46. The van der Waals surface area contributed by atoms with Gasteiger partial charge in [-0.05, 0) is 0 Å². The Hall–Kier alpha value is -0.600. The summed E-state index contributed by atoms with van der Waals surface area (Å²) in [7, 11) is 0. The van der Waals surface area contributed by atoms with Crippen molar-refractivity contribution in [3.63, 3.8) is 0 Å². The lowest BCUT2D eigenvalue weighted by Gasteiger charge is -2.23. The van der Waals surface area contributed by atoms with Gasteiger partial charge in [0.25, 0.3) is 6.17 Å². The summed E-state index contributed by atoms with van der Waals surface area (Å²) >= 11 is 0. The number of rotatable bonds is 4. The molecule has 0 aromatic rings. The highest BCUT2D eigenvalue weighted by Gasteiger charge is 2.57. The van der Waals surface area contributed by atoms with Crippen LogP contribution in [0.4, 0.5) is 35.1 Å². The second-order valence-corrected chi connectivity index (χ2v) is 2.76. The van der Waals surface area contributed by atoms with Crippen LogP contribution in [-0.2, 0) is 4.74 Å². The Balaban J connectivity index is 4.43. The molecule has 0 saturated carbocycles. The minimum atomic E-state index is -5.82. The van der Waals surface area contributed by atoms with Gasteiger partial charge < -0.3 is 4.74 Å². The molecule has 0 amide bonds. The fourth-order valence-corrected chi connectivity index (χ4v) is 0.536. The van der Waals surface area contributed by atoms with Gasteiger partial charge in [0.1, 0.15) is 6.61 Å². The summed E-state index contributed by atoms with van der Waals surface area (Å²) in [5, 5.41) is 0. The molecule has 0 aliphatic rings. The van der Waals surface area contributed by atoms with Crippen LogP contribution in [-0.4, -0.2) is 31.0 Å². The normalized spacial score (nSPS) is 16.6. The van der Waals surface area contributed by atoms with Crippen LogP contribution in [0, 0.1) is 0 Å². The molecule has 9 heteroatoms. The van der Waals surface area contributed by atoms with Gasteiger partial charge in [0, 0.05) is 6.92 Å². The second-order valence-electron chi connectivity index (χ2n) is 2.76. The predicted molar refractivity (Wildman–Crippen MR) is 32.5 cm³/mol. The van der Waals surface area contributed by atoms with Crippen LogP contribution in [0.2, 0.25) is 0 Å². The summed E-state index contributed by atoms with van der Waals surface area (Å²) in [6.45, 7) is -2.30. The second kappa shape index (κ2) is 4.11. The van der Waals surface area contributed by atoms with Crippen molar-refractivity contribution in [2.24, 2.45) is 0 Å². The first-order valence-corrected chi connectivity index (χ1v) is 3.46. The number of hydrogen-bond acceptors (Lipinski definition) is 1. The summed E-state index contributed by atoms with van der Waals surface area (Å²) in [5.41, 5.74) is 0. The van der Waals surface area contributed by atoms with Crippen molar-refractivity contribution in [3.8, 4) is 0 Å². The van der Waals surface area contributed by atoms with Gasteiger partial charge in [-0.1, -0.05) is 0 Å². The Morgan fingerprint density at radius 2 is 1.40 bits per heavy atom. The smallest absolute Gasteiger partial charge is 0.314 e. The van der Waals surface area contributed by atoms with E-state index in [4.69, 9.17) is 0 Å². The van der Waals surface area contributed by atoms with E-state index >= 15 is 0 Å². The van der Waals surface area contributed by atoms with Gasteiger partial charge in [-0.15, -0.1) is 0 Å². The van der Waals surface area contributed by atoms with E-state index in [0.717, 1.165) is 0 Å². The van der Waals surface area contributed by atoms with Crippen molar-refractivity contribution in [2.45, 2.75) is 31.3 Å². The van der Waals surface area contributed by atoms with Crippen molar-refractivity contribution in [2.75, 3.05) is 6.61 Å². The summed E-state index contributed by atoms with van der Waals surface area (Å²) in [6, 6.07) is 0. The van der Waals surface area contributed by atoms with E-state index in [9.17, 15) is 35.1 Å². The van der Waals surface area contributed by atoms with Crippen LogP contribution in [0.25, 0.3) is 0 Å². The quantitative estimate of drug-likeness (QED) is 0.692. The Morgan fingerprint density at radius 3 is 1.67 bits per heavy atom. The van der Waals surface area contributed by atoms with Crippen molar-refractivity contribution in [1.82, 2.24) is 0 Å². The van der Waals surface area contributed by atoms with E-state index in [1.807, 2.05) is 0 Å². The van der Waals surface area contributed by atoms with E-state index in [0.29, 0.717) is 0 Å². The summed E-state index contributed by atoms with van der Waals surface area (Å²) in [5.74, 6) is -5.04. The average molecular weight is 246 g/mol. The van der Waals surface area contributed by atoms with Crippen LogP contribution in [0.5, 0.6) is 0 Å². The van der Waals surface area contributed by atoms with Crippen LogP contribution in [0.1, 0.15) is 6.92 Å². The number of alkyl halides is 8. The van der Waals surface area contributed by atoms with Gasteiger partial charge in [-0.3, -0.25) is 0 Å². The molecular weight excluding hydrogens is 240 g/mol. The van der Waals surface area contributed by atoms with E-state index < -0.39 is 31.0 Å². The summed E-state index contributed by atoms with van der Waals surface area (Å²) < 4.78 is 97.8. The van der Waals surface area contributed by atoms with Gasteiger partial charge in [0.15, 0.2) is 0 Å². The zero-order valence-electron chi connectivity index (χ0n) is 7.22. The molecule has 0 unspecified atom stereocenters. The third-order valence-corrected chi connectivity index (χ3v) is 1.18. The molecule has 15 heavy (non-hydrogen) atoms. The van der Waals surface area contributed by atoms with Crippen molar-refractivity contribution < 1.29 is 39.9 Å². The average Bonchev–Trinajstić information content (AvgIpc) is 1.97. The molecule has 1 nitrogen and oxygen atoms in total. The standard InChI is InChI=1S/C6H6F8O/c1-4(8,9)15-2-5(10,11)3(7)6(12,13)14/h3H,2H2,1H3/t3-/m0/s1. The monoisotopic (exact) mass is 246 g/mol. The number of hydrogen-bond donors (Lipinski definition) is 0. The molecule has 0 saturated heterocycles. The zero-order valence-corrected chi connectivity index (χ0v) is 7.22. The highest BCUT2D eigenvalue weighted by Crippen LogP contribution is 2.35. The van der Waals surface area contributed by atoms with E-state index in [1.54, 1.807) is 0 Å². The summed E-state index contributed by atoms with van der Waals surface area (Å²) in [4.78, 5) is 0. The maximum atomic E-state index is 12.3. The highest BCUT2D eigenvalue weighted by atomic mass is 19.4. The third kappa shape index (κ3) is 5.14. The van der Waals surface area contributed by atoms with Gasteiger partial charge in [0.05, 0.1) is 0 Å². The van der Waals surface area contributed by atoms with E-state index in [1.165, 1.54) is 0 Å². The third-order valence-electron chi connectivity index (χ3n) is 1.18. The minimum absolute atomic E-state index is 0.0455. The van der Waals surface area contributed by atoms with Crippen LogP contribution in [0.3, 0.4) is 0 Å². The molecule has 92 valence electrons. The molecule has 0 aliphatic carbocycles. The van der Waals surface area contributed by atoms with Crippen LogP contribution >= 0.6 is 0 Å². The lowest BCUT2D eigenvalue weighted by Crippen LogP contribution is -2.45. The van der Waals surface area contributed by atoms with E-state index in [2.05, 4.69) is 4.74 Å². The molecule has 0 aromatic carbocycles. The van der Waals surface area contributed by atoms with Gasteiger partial charge in [-0.2, -0.15) is 22.0 Å². The predicted octanol–water partition coefficient (Wildman–Crippen LogP) is 3.15. The fourth-order valence-electron chi connectivity index (χ4n) is 0.536. The van der Waals surface area contributed by atoms with E-state index in [-0.39, 0.29) is 6.92 Å². The largest absolute Gasteiger partial charge is 0.425 e. The molecule has 0 radical (unpaired) electrons. The molecule has 0 aliphatic heterocycles. The Morgan fingerprint density at radius 1 is 1.00 bits per heavy atom. The van der Waals surface area contributed by atoms with Gasteiger partial charge >= 0.3 is 18.2 Å². The molecule has 0 fully saturated rings. The maximum absolute atomic E-state index is 12.3. The summed E-state index contributed by atoms with van der Waals surface area (Å²) in [6.07, 6.45) is -14.4. The Labute approximate surface area is 79.0 Å². The molecule has 0 aromatic heterocycles. The molecule has 0 rings (SSSR count). The molecule has 0 N–H and O–H groups in total.